The van der Waals surface area contributed by atoms with Crippen LogP contribution >= 0.6 is 0 Å². The molecule has 0 radical (unpaired) electrons. The minimum Gasteiger partial charge on any atom is -0.506 e. The summed E-state index contributed by atoms with van der Waals surface area (Å²) in [5.74, 6) is -0.583. The first-order valence-corrected chi connectivity index (χ1v) is 6.91. The van der Waals surface area contributed by atoms with E-state index in [1.54, 1.807) is 18.2 Å². The fourth-order valence-corrected chi connectivity index (χ4v) is 2.20. The molecular formula is C17H11F3N2O2. The first-order valence-electron chi connectivity index (χ1n) is 6.91. The number of phenolic OH excluding ortho intramolecular Hbond substituents is 1. The van der Waals surface area contributed by atoms with Crippen LogP contribution in [0, 0.1) is 0 Å². The number of azo groups is 1. The normalized spacial score (nSPS) is 12.0. The summed E-state index contributed by atoms with van der Waals surface area (Å²) in [5.41, 5.74) is 0.0806. The molecule has 3 aromatic rings. The van der Waals surface area contributed by atoms with Crippen molar-refractivity contribution >= 4 is 22.1 Å². The van der Waals surface area contributed by atoms with Crippen molar-refractivity contribution in [1.82, 2.24) is 0 Å². The van der Waals surface area contributed by atoms with Crippen LogP contribution in [0.2, 0.25) is 0 Å². The second kappa shape index (κ2) is 6.19. The summed E-state index contributed by atoms with van der Waals surface area (Å²) in [6.45, 7) is 0. The lowest BCUT2D eigenvalue weighted by Gasteiger charge is -2.10. The number of alkyl halides is 3. The molecule has 0 amide bonds. The first kappa shape index (κ1) is 15.8. The van der Waals surface area contributed by atoms with Crippen molar-refractivity contribution in [1.29, 1.82) is 0 Å². The lowest BCUT2D eigenvalue weighted by molar-refractivity contribution is -0.274. The molecule has 0 unspecified atom stereocenters. The second-order valence-electron chi connectivity index (χ2n) is 4.87. The molecule has 0 atom stereocenters. The Bertz CT molecular complexity index is 908. The fourth-order valence-electron chi connectivity index (χ4n) is 2.20. The average molecular weight is 332 g/mol. The van der Waals surface area contributed by atoms with Crippen LogP contribution < -0.4 is 4.74 Å². The Hall–Kier alpha value is -3.09. The lowest BCUT2D eigenvalue weighted by Crippen LogP contribution is -2.17. The van der Waals surface area contributed by atoms with Gasteiger partial charge in [-0.3, -0.25) is 0 Å². The SMILES string of the molecule is Oc1ccc2ccccc2c1N=Nc1ccccc1OC(F)(F)F. The highest BCUT2D eigenvalue weighted by atomic mass is 19.4. The minimum atomic E-state index is -4.83. The van der Waals surface area contributed by atoms with Crippen molar-refractivity contribution in [3.05, 3.63) is 60.7 Å². The molecule has 7 heteroatoms. The monoisotopic (exact) mass is 332 g/mol. The number of hydrogen-bond acceptors (Lipinski definition) is 4. The van der Waals surface area contributed by atoms with E-state index in [1.807, 2.05) is 12.1 Å². The number of hydrogen-bond donors (Lipinski definition) is 1. The van der Waals surface area contributed by atoms with Crippen molar-refractivity contribution in [2.75, 3.05) is 0 Å². The summed E-state index contributed by atoms with van der Waals surface area (Å²) in [6.07, 6.45) is -4.83. The van der Waals surface area contributed by atoms with Gasteiger partial charge in [0.05, 0.1) is 0 Å². The van der Waals surface area contributed by atoms with Crippen LogP contribution in [0.15, 0.2) is 70.9 Å². The number of benzene rings is 3. The van der Waals surface area contributed by atoms with Gasteiger partial charge in [0, 0.05) is 5.39 Å². The van der Waals surface area contributed by atoms with Gasteiger partial charge in [-0.25, -0.2) is 0 Å². The molecule has 0 fully saturated rings. The van der Waals surface area contributed by atoms with E-state index in [4.69, 9.17) is 0 Å². The van der Waals surface area contributed by atoms with Crippen LogP contribution in [-0.2, 0) is 0 Å². The lowest BCUT2D eigenvalue weighted by atomic mass is 10.1. The predicted molar refractivity (Wildman–Crippen MR) is 82.9 cm³/mol. The summed E-state index contributed by atoms with van der Waals surface area (Å²) < 4.78 is 41.2. The van der Waals surface area contributed by atoms with E-state index in [-0.39, 0.29) is 17.1 Å². The predicted octanol–water partition coefficient (Wildman–Crippen LogP) is 5.86. The fraction of sp³-hybridized carbons (Fsp3) is 0.0588. The number of nitrogens with zero attached hydrogens (tertiary/aromatic N) is 2. The zero-order chi connectivity index (χ0) is 17.2. The molecule has 0 aliphatic heterocycles. The Morgan fingerprint density at radius 3 is 2.33 bits per heavy atom. The number of fused-ring (bicyclic) bond motifs is 1. The topological polar surface area (TPSA) is 54.2 Å². The van der Waals surface area contributed by atoms with Gasteiger partial charge in [-0.15, -0.1) is 23.4 Å². The third-order valence-electron chi connectivity index (χ3n) is 3.23. The van der Waals surface area contributed by atoms with Gasteiger partial charge < -0.3 is 9.84 Å². The van der Waals surface area contributed by atoms with Crippen LogP contribution in [0.3, 0.4) is 0 Å². The zero-order valence-corrected chi connectivity index (χ0v) is 12.2. The highest BCUT2D eigenvalue weighted by Gasteiger charge is 2.32. The molecule has 0 aliphatic rings. The molecule has 0 saturated carbocycles. The maximum absolute atomic E-state index is 12.4. The van der Waals surface area contributed by atoms with Gasteiger partial charge in [-0.1, -0.05) is 42.5 Å². The Kier molecular flexibility index (Phi) is 4.07. The van der Waals surface area contributed by atoms with E-state index >= 15 is 0 Å². The van der Waals surface area contributed by atoms with Crippen LogP contribution in [-0.4, -0.2) is 11.5 Å². The maximum Gasteiger partial charge on any atom is 0.573 e. The highest BCUT2D eigenvalue weighted by Crippen LogP contribution is 2.38. The number of para-hydroxylation sites is 1. The number of phenols is 1. The Labute approximate surface area is 134 Å². The molecular weight excluding hydrogens is 321 g/mol. The van der Waals surface area contributed by atoms with Gasteiger partial charge in [-0.2, -0.15) is 0 Å². The number of rotatable bonds is 3. The molecule has 24 heavy (non-hydrogen) atoms. The molecule has 4 nitrogen and oxygen atoms in total. The number of ether oxygens (including phenoxy) is 1. The summed E-state index contributed by atoms with van der Waals surface area (Å²) in [5, 5.41) is 19.2. The van der Waals surface area contributed by atoms with E-state index in [0.29, 0.717) is 5.39 Å². The minimum absolute atomic E-state index is 0.0952. The van der Waals surface area contributed by atoms with Crippen LogP contribution in [0.1, 0.15) is 0 Å². The molecule has 122 valence electrons. The molecule has 3 aromatic carbocycles. The average Bonchev–Trinajstić information content (AvgIpc) is 2.54. The van der Waals surface area contributed by atoms with Crippen molar-refractivity contribution in [3.8, 4) is 11.5 Å². The number of aromatic hydroxyl groups is 1. The van der Waals surface area contributed by atoms with Crippen molar-refractivity contribution in [2.24, 2.45) is 10.2 Å². The Balaban J connectivity index is 2.02. The largest absolute Gasteiger partial charge is 0.573 e. The zero-order valence-electron chi connectivity index (χ0n) is 12.2. The van der Waals surface area contributed by atoms with Gasteiger partial charge in [0.25, 0.3) is 0 Å². The quantitative estimate of drug-likeness (QED) is 0.611. The van der Waals surface area contributed by atoms with Crippen LogP contribution in [0.25, 0.3) is 10.8 Å². The third-order valence-corrected chi connectivity index (χ3v) is 3.23. The van der Waals surface area contributed by atoms with E-state index in [9.17, 15) is 18.3 Å². The van der Waals surface area contributed by atoms with Crippen molar-refractivity contribution < 1.29 is 23.0 Å². The molecule has 0 spiro atoms. The third kappa shape index (κ3) is 3.45. The Morgan fingerprint density at radius 1 is 0.833 bits per heavy atom. The van der Waals surface area contributed by atoms with E-state index in [2.05, 4.69) is 15.0 Å². The summed E-state index contributed by atoms with van der Waals surface area (Å²) in [7, 11) is 0. The molecule has 0 heterocycles. The first-order chi connectivity index (χ1) is 11.4. The molecule has 0 aromatic heterocycles. The summed E-state index contributed by atoms with van der Waals surface area (Å²) >= 11 is 0. The van der Waals surface area contributed by atoms with Gasteiger partial charge in [0.1, 0.15) is 17.1 Å². The molecule has 3 rings (SSSR count). The van der Waals surface area contributed by atoms with Gasteiger partial charge in [0.2, 0.25) is 0 Å². The molecule has 0 saturated heterocycles. The van der Waals surface area contributed by atoms with E-state index in [0.717, 1.165) is 11.5 Å². The van der Waals surface area contributed by atoms with Gasteiger partial charge >= 0.3 is 6.36 Å². The number of halogens is 3. The maximum atomic E-state index is 12.4. The smallest absolute Gasteiger partial charge is 0.506 e. The summed E-state index contributed by atoms with van der Waals surface area (Å²) in [6, 6.07) is 15.7. The van der Waals surface area contributed by atoms with Gasteiger partial charge in [-0.05, 0) is 23.6 Å². The summed E-state index contributed by atoms with van der Waals surface area (Å²) in [4.78, 5) is 0. The standard InChI is InChI=1S/C17H11F3N2O2/c18-17(19,20)24-15-8-4-3-7-13(15)21-22-16-12-6-2-1-5-11(12)9-10-14(16)23/h1-10,23H. The second-order valence-corrected chi connectivity index (χ2v) is 4.87. The Morgan fingerprint density at radius 2 is 1.54 bits per heavy atom. The van der Waals surface area contributed by atoms with E-state index < -0.39 is 12.1 Å². The van der Waals surface area contributed by atoms with Gasteiger partial charge in [0.15, 0.2) is 5.75 Å². The van der Waals surface area contributed by atoms with E-state index in [1.165, 1.54) is 24.3 Å². The van der Waals surface area contributed by atoms with Crippen LogP contribution in [0.5, 0.6) is 11.5 Å². The molecule has 0 aliphatic carbocycles. The van der Waals surface area contributed by atoms with Crippen molar-refractivity contribution in [3.63, 3.8) is 0 Å². The molecule has 0 bridgehead atoms. The van der Waals surface area contributed by atoms with Crippen molar-refractivity contribution in [2.45, 2.75) is 6.36 Å². The highest BCUT2D eigenvalue weighted by molar-refractivity contribution is 5.95. The molecule has 1 N–H and O–H groups in total. The van der Waals surface area contributed by atoms with Crippen LogP contribution in [0.4, 0.5) is 24.5 Å².